The van der Waals surface area contributed by atoms with Gasteiger partial charge in [-0.3, -0.25) is 19.8 Å². The summed E-state index contributed by atoms with van der Waals surface area (Å²) in [7, 11) is 0. The van der Waals surface area contributed by atoms with Gasteiger partial charge in [-0.15, -0.1) is 0 Å². The minimum atomic E-state index is -1.32. The van der Waals surface area contributed by atoms with E-state index in [0.717, 1.165) is 0 Å². The van der Waals surface area contributed by atoms with Gasteiger partial charge >= 0.3 is 0 Å². The lowest BCUT2D eigenvalue weighted by atomic mass is 9.97. The van der Waals surface area contributed by atoms with Gasteiger partial charge in [-0.05, 0) is 23.6 Å². The molecule has 2 aromatic carbocycles. The van der Waals surface area contributed by atoms with Gasteiger partial charge in [0.1, 0.15) is 17.9 Å². The summed E-state index contributed by atoms with van der Waals surface area (Å²) in [6.07, 6.45) is 0.602. The summed E-state index contributed by atoms with van der Waals surface area (Å²) in [6, 6.07) is 12.1. The Morgan fingerprint density at radius 3 is 2.27 bits per heavy atom. The van der Waals surface area contributed by atoms with Gasteiger partial charge in [0.05, 0.1) is 0 Å². The molecule has 2 rings (SSSR count). The van der Waals surface area contributed by atoms with E-state index >= 15 is 0 Å². The molecule has 3 atom stereocenters. The van der Waals surface area contributed by atoms with Crippen molar-refractivity contribution in [2.45, 2.75) is 32.4 Å². The molecule has 0 heterocycles. The second kappa shape index (κ2) is 10.2. The lowest BCUT2D eigenvalue weighted by molar-refractivity contribution is -0.129. The van der Waals surface area contributed by atoms with Crippen LogP contribution in [-0.4, -0.2) is 29.6 Å². The molecular weight excluding hydrogens is 382 g/mol. The Balaban J connectivity index is 2.41. The van der Waals surface area contributed by atoms with Gasteiger partial charge in [0, 0.05) is 11.1 Å². The van der Waals surface area contributed by atoms with Gasteiger partial charge in [-0.1, -0.05) is 62.7 Å². The normalized spacial score (nSPS) is 14.0. The minimum Gasteiger partial charge on any atom is -0.384 e. The van der Waals surface area contributed by atoms with Crippen LogP contribution in [0.2, 0.25) is 1.41 Å². The largest absolute Gasteiger partial charge is 0.384 e. The van der Waals surface area contributed by atoms with Crippen LogP contribution in [0.1, 0.15) is 47.8 Å². The lowest BCUT2D eigenvalue weighted by Crippen LogP contribution is -2.52. The number of rotatable bonds is 9. The number of hydrogen-bond acceptors (Lipinski definition) is 4. The van der Waals surface area contributed by atoms with Gasteiger partial charge < -0.3 is 22.1 Å². The number of nitrogen functional groups attached to an aromatic ring is 1. The number of amides is 3. The van der Waals surface area contributed by atoms with Crippen LogP contribution in [0.25, 0.3) is 0 Å². The third-order valence-electron chi connectivity index (χ3n) is 4.85. The fourth-order valence-corrected chi connectivity index (χ4v) is 2.89. The molecule has 8 nitrogen and oxygen atoms in total. The first-order chi connectivity index (χ1) is 14.7. The van der Waals surface area contributed by atoms with Gasteiger partial charge in [0.2, 0.25) is 11.8 Å². The Bertz CT molecular complexity index is 967. The third kappa shape index (κ3) is 5.66. The molecule has 0 aliphatic carbocycles. The van der Waals surface area contributed by atoms with Gasteiger partial charge in [0.25, 0.3) is 5.91 Å². The smallest absolute Gasteiger partial charge is 0.252 e. The molecule has 0 saturated heterocycles. The van der Waals surface area contributed by atoms with E-state index in [1.54, 1.807) is 49.4 Å². The number of benzene rings is 2. The molecule has 0 bridgehead atoms. The first-order valence-electron chi connectivity index (χ1n) is 10.0. The van der Waals surface area contributed by atoms with E-state index in [9.17, 15) is 14.4 Å². The summed E-state index contributed by atoms with van der Waals surface area (Å²) >= 11 is 0. The molecule has 0 spiro atoms. The summed E-state index contributed by atoms with van der Waals surface area (Å²) in [5.74, 6) is -2.58. The van der Waals surface area contributed by atoms with Crippen LogP contribution in [0.5, 0.6) is 0 Å². The third-order valence-corrected chi connectivity index (χ3v) is 4.85. The quantitative estimate of drug-likeness (QED) is 0.314. The molecule has 7 N–H and O–H groups in total. The maximum Gasteiger partial charge on any atom is 0.252 e. The van der Waals surface area contributed by atoms with Crippen molar-refractivity contribution in [2.24, 2.45) is 17.4 Å². The second-order valence-electron chi connectivity index (χ2n) is 7.02. The minimum absolute atomic E-state index is 0.102. The molecule has 158 valence electrons. The highest BCUT2D eigenvalue weighted by Crippen LogP contribution is 2.16. The molecule has 0 aliphatic rings. The monoisotopic (exact) mass is 410 g/mol. The summed E-state index contributed by atoms with van der Waals surface area (Å²) in [6.45, 7) is 3.65. The lowest BCUT2D eigenvalue weighted by Gasteiger charge is -2.25. The Morgan fingerprint density at radius 1 is 1.07 bits per heavy atom. The Labute approximate surface area is 177 Å². The zero-order valence-corrected chi connectivity index (χ0v) is 17.0. The maximum absolute atomic E-state index is 13.1. The van der Waals surface area contributed by atoms with Crippen LogP contribution < -0.4 is 22.1 Å². The van der Waals surface area contributed by atoms with E-state index in [1.165, 1.54) is 12.1 Å². The number of primary amides is 1. The topological polar surface area (TPSA) is 151 Å². The van der Waals surface area contributed by atoms with E-state index in [0.29, 0.717) is 22.9 Å². The summed E-state index contributed by atoms with van der Waals surface area (Å²) in [5, 5.41) is 10.7. The van der Waals surface area contributed by atoms with Crippen LogP contribution >= 0.6 is 0 Å². The van der Waals surface area contributed by atoms with Crippen LogP contribution in [0, 0.1) is 11.3 Å². The van der Waals surface area contributed by atoms with Crippen molar-refractivity contribution in [1.29, 1.82) is 5.41 Å². The number of carbonyl (C=O) groups excluding carboxylic acids is 3. The molecular formula is C22H27N5O3. The van der Waals surface area contributed by atoms with Crippen molar-refractivity contribution in [3.63, 3.8) is 0 Å². The van der Waals surface area contributed by atoms with Gasteiger partial charge in [-0.2, -0.15) is 0 Å². The molecule has 8 heteroatoms. The number of carbonyl (C=O) groups is 3. The summed E-state index contributed by atoms with van der Waals surface area (Å²) in [4.78, 5) is 38.0. The Kier molecular flexibility index (Phi) is 7.15. The van der Waals surface area contributed by atoms with Crippen molar-refractivity contribution in [3.8, 4) is 0 Å². The molecule has 0 aromatic heterocycles. The molecule has 0 radical (unpaired) electrons. The Morgan fingerprint density at radius 2 is 1.70 bits per heavy atom. The fourth-order valence-electron chi connectivity index (χ4n) is 2.89. The first-order valence-corrected chi connectivity index (χ1v) is 9.58. The summed E-state index contributed by atoms with van der Waals surface area (Å²) < 4.78 is 8.44. The molecule has 3 amide bonds. The number of hydrogen-bond donors (Lipinski definition) is 5. The van der Waals surface area contributed by atoms with E-state index < -0.39 is 29.8 Å². The predicted molar refractivity (Wildman–Crippen MR) is 115 cm³/mol. The fraction of sp³-hybridized carbons (Fsp3) is 0.273. The average Bonchev–Trinajstić information content (AvgIpc) is 2.77. The molecule has 2 aromatic rings. The zero-order valence-electron chi connectivity index (χ0n) is 18.0. The van der Waals surface area contributed by atoms with Crippen molar-refractivity contribution in [3.05, 3.63) is 71.3 Å². The first kappa shape index (κ1) is 21.0. The number of amidine groups is 1. The van der Waals surface area contributed by atoms with E-state index in [4.69, 9.17) is 18.3 Å². The second-order valence-corrected chi connectivity index (χ2v) is 7.02. The maximum atomic E-state index is 13.1. The van der Waals surface area contributed by atoms with Gasteiger partial charge in [-0.25, -0.2) is 0 Å². The average molecular weight is 410 g/mol. The van der Waals surface area contributed by atoms with E-state index in [-0.39, 0.29) is 17.3 Å². The van der Waals surface area contributed by atoms with Crippen LogP contribution in [0.15, 0.2) is 54.6 Å². The van der Waals surface area contributed by atoms with Crippen molar-refractivity contribution in [1.82, 2.24) is 10.6 Å². The van der Waals surface area contributed by atoms with Crippen molar-refractivity contribution in [2.75, 3.05) is 0 Å². The zero-order chi connectivity index (χ0) is 23.1. The van der Waals surface area contributed by atoms with E-state index in [2.05, 4.69) is 5.32 Å². The van der Waals surface area contributed by atoms with Crippen LogP contribution in [-0.2, 0) is 9.59 Å². The number of nitrogens with two attached hydrogens (primary N) is 2. The van der Waals surface area contributed by atoms with Crippen molar-refractivity contribution >= 4 is 23.6 Å². The van der Waals surface area contributed by atoms with E-state index in [1.807, 2.05) is 6.92 Å². The highest BCUT2D eigenvalue weighted by atomic mass is 16.2. The standard InChI is InChI=1S/C22H27N5O3/c1-3-13(2)17(20(25)28)26-22(30)18(14-8-5-4-6-9-14)27-21(29)16-11-7-10-15(12-16)19(23)24/h4-13,17-18H,3H2,1-2H3,(H3,23,24)(H2,25,28)(H,26,30)(H,27,29)/t13-,17-,18+/m0/s1/i/hD. The van der Waals surface area contributed by atoms with Crippen LogP contribution in [0.4, 0.5) is 0 Å². The molecule has 0 saturated carbocycles. The summed E-state index contributed by atoms with van der Waals surface area (Å²) in [5.41, 5.74) is 11.8. The molecule has 0 unspecified atom stereocenters. The predicted octanol–water partition coefficient (Wildman–Crippen LogP) is 1.46. The van der Waals surface area contributed by atoms with Crippen molar-refractivity contribution < 1.29 is 15.8 Å². The highest BCUT2D eigenvalue weighted by Gasteiger charge is 2.29. The van der Waals surface area contributed by atoms with Gasteiger partial charge in [0.15, 0.2) is 1.41 Å². The Hall–Kier alpha value is -3.68. The van der Waals surface area contributed by atoms with Crippen LogP contribution in [0.3, 0.4) is 0 Å². The highest BCUT2D eigenvalue weighted by molar-refractivity contribution is 6.01. The molecule has 0 aliphatic heterocycles. The number of nitrogens with one attached hydrogen (secondary N) is 3. The SMILES string of the molecule is [2H]N(C(=O)c1cccc(C(=N)N)c1)[C@@H](C(=O)N[C@H](C(N)=O)[C@@H](C)CC)c1ccccc1. The molecule has 30 heavy (non-hydrogen) atoms. The molecule has 0 fully saturated rings.